The lowest BCUT2D eigenvalue weighted by Gasteiger charge is -2.44. The normalized spacial score (nSPS) is 19.0. The van der Waals surface area contributed by atoms with Gasteiger partial charge in [0.2, 0.25) is 11.8 Å². The van der Waals surface area contributed by atoms with Gasteiger partial charge in [-0.15, -0.1) is 0 Å². The number of benzene rings is 2. The first kappa shape index (κ1) is 17.6. The van der Waals surface area contributed by atoms with Crippen molar-refractivity contribution in [1.82, 2.24) is 4.90 Å². The second kappa shape index (κ2) is 7.06. The zero-order valence-electron chi connectivity index (χ0n) is 15.6. The minimum atomic E-state index is -0.625. The molecule has 1 saturated heterocycles. The number of anilines is 2. The molecule has 2 N–H and O–H groups in total. The van der Waals surface area contributed by atoms with Crippen molar-refractivity contribution in [3.05, 3.63) is 60.2 Å². The van der Waals surface area contributed by atoms with Crippen molar-refractivity contribution in [1.29, 1.82) is 0 Å². The fourth-order valence-electron chi connectivity index (χ4n) is 4.18. The number of amides is 2. The lowest BCUT2D eigenvalue weighted by atomic mass is 9.83. The summed E-state index contributed by atoms with van der Waals surface area (Å²) in [7, 11) is 0. The molecule has 0 radical (unpaired) electrons. The Morgan fingerprint density at radius 2 is 1.67 bits per heavy atom. The van der Waals surface area contributed by atoms with E-state index in [2.05, 4.69) is 10.6 Å². The van der Waals surface area contributed by atoms with Crippen LogP contribution in [0.25, 0.3) is 0 Å². The molecule has 1 spiro atoms. The number of carbonyl (C=O) groups excluding carboxylic acids is 2. The average molecular weight is 363 g/mol. The Balaban J connectivity index is 1.47. The lowest BCUT2D eigenvalue weighted by Crippen LogP contribution is -2.59. The summed E-state index contributed by atoms with van der Waals surface area (Å²) in [5.74, 6) is 0.0488. The molecule has 2 aromatic rings. The molecule has 1 atom stereocenters. The molecule has 140 valence electrons. The topological polar surface area (TPSA) is 61.4 Å². The summed E-state index contributed by atoms with van der Waals surface area (Å²) >= 11 is 0. The number of para-hydroxylation sites is 2. The van der Waals surface area contributed by atoms with Gasteiger partial charge in [-0.25, -0.2) is 0 Å². The Hall–Kier alpha value is -2.82. The minimum absolute atomic E-state index is 0.00315. The van der Waals surface area contributed by atoms with Gasteiger partial charge in [0.25, 0.3) is 0 Å². The number of carbonyl (C=O) groups is 2. The highest BCUT2D eigenvalue weighted by Gasteiger charge is 2.45. The van der Waals surface area contributed by atoms with Gasteiger partial charge in [-0.3, -0.25) is 9.59 Å². The quantitative estimate of drug-likeness (QED) is 0.876. The van der Waals surface area contributed by atoms with Crippen LogP contribution in [0.2, 0.25) is 0 Å². The lowest BCUT2D eigenvalue weighted by molar-refractivity contribution is -0.136. The van der Waals surface area contributed by atoms with Crippen molar-refractivity contribution in [3.8, 4) is 0 Å². The number of nitrogens with one attached hydrogen (secondary N) is 2. The standard InChI is InChI=1S/C22H25N3O2/c1-2-17(16-8-4-3-5-9-16)20(26)25-14-12-22(13-15-25)21(27)23-18-10-6-7-11-19(18)24-22/h3-11,17,24H,2,12-15H2,1H3,(H,23,27)/t17-/m0/s1. The van der Waals surface area contributed by atoms with Crippen molar-refractivity contribution in [2.75, 3.05) is 23.7 Å². The maximum atomic E-state index is 13.1. The maximum Gasteiger partial charge on any atom is 0.250 e. The van der Waals surface area contributed by atoms with E-state index in [4.69, 9.17) is 0 Å². The highest BCUT2D eigenvalue weighted by Crippen LogP contribution is 2.37. The van der Waals surface area contributed by atoms with E-state index in [9.17, 15) is 9.59 Å². The van der Waals surface area contributed by atoms with Crippen LogP contribution in [0.4, 0.5) is 11.4 Å². The summed E-state index contributed by atoms with van der Waals surface area (Å²) < 4.78 is 0. The number of nitrogens with zero attached hydrogens (tertiary/aromatic N) is 1. The third-order valence-electron chi connectivity index (χ3n) is 5.82. The van der Waals surface area contributed by atoms with Crippen LogP contribution in [0.15, 0.2) is 54.6 Å². The van der Waals surface area contributed by atoms with Gasteiger partial charge >= 0.3 is 0 Å². The van der Waals surface area contributed by atoms with Crippen LogP contribution in [-0.2, 0) is 9.59 Å². The molecule has 0 aliphatic carbocycles. The largest absolute Gasteiger partial charge is 0.369 e. The number of hydrogen-bond donors (Lipinski definition) is 2. The van der Waals surface area contributed by atoms with Crippen LogP contribution in [0.3, 0.4) is 0 Å². The smallest absolute Gasteiger partial charge is 0.250 e. The molecule has 2 heterocycles. The summed E-state index contributed by atoms with van der Waals surface area (Å²) in [6.07, 6.45) is 2.00. The molecule has 0 bridgehead atoms. The molecular weight excluding hydrogens is 338 g/mol. The second-order valence-electron chi connectivity index (χ2n) is 7.40. The van der Waals surface area contributed by atoms with Crippen molar-refractivity contribution in [2.24, 2.45) is 0 Å². The van der Waals surface area contributed by atoms with Crippen molar-refractivity contribution >= 4 is 23.2 Å². The van der Waals surface area contributed by atoms with Crippen LogP contribution in [-0.4, -0.2) is 35.3 Å². The molecule has 27 heavy (non-hydrogen) atoms. The first-order valence-electron chi connectivity index (χ1n) is 9.65. The number of hydrogen-bond acceptors (Lipinski definition) is 3. The molecule has 2 amide bonds. The molecule has 0 unspecified atom stereocenters. The third kappa shape index (κ3) is 3.18. The molecule has 2 aliphatic rings. The Bertz CT molecular complexity index is 842. The fraction of sp³-hybridized carbons (Fsp3) is 0.364. The second-order valence-corrected chi connectivity index (χ2v) is 7.40. The first-order valence-corrected chi connectivity index (χ1v) is 9.65. The Morgan fingerprint density at radius 3 is 2.33 bits per heavy atom. The summed E-state index contributed by atoms with van der Waals surface area (Å²) in [5, 5.41) is 6.47. The van der Waals surface area contributed by atoms with Crippen LogP contribution >= 0.6 is 0 Å². The first-order chi connectivity index (χ1) is 13.1. The molecule has 5 heteroatoms. The van der Waals surface area contributed by atoms with Gasteiger partial charge in [-0.05, 0) is 37.0 Å². The summed E-state index contributed by atoms with van der Waals surface area (Å²) in [6.45, 7) is 3.23. The minimum Gasteiger partial charge on any atom is -0.369 e. The molecule has 4 rings (SSSR count). The van der Waals surface area contributed by atoms with Gasteiger partial charge < -0.3 is 15.5 Å². The number of rotatable bonds is 3. The fourth-order valence-corrected chi connectivity index (χ4v) is 4.18. The molecule has 2 aromatic carbocycles. The van der Waals surface area contributed by atoms with E-state index >= 15 is 0 Å². The third-order valence-corrected chi connectivity index (χ3v) is 5.82. The number of fused-ring (bicyclic) bond motifs is 1. The molecule has 1 fully saturated rings. The predicted molar refractivity (Wildman–Crippen MR) is 107 cm³/mol. The predicted octanol–water partition coefficient (Wildman–Crippen LogP) is 3.61. The molecule has 0 aromatic heterocycles. The maximum absolute atomic E-state index is 13.1. The number of likely N-dealkylation sites (tertiary alicyclic amines) is 1. The van der Waals surface area contributed by atoms with Gasteiger partial charge in [0.1, 0.15) is 5.54 Å². The zero-order chi connectivity index (χ0) is 18.9. The van der Waals surface area contributed by atoms with E-state index in [0.29, 0.717) is 25.9 Å². The van der Waals surface area contributed by atoms with E-state index in [1.807, 2.05) is 66.4 Å². The SMILES string of the molecule is CC[C@H](C(=O)N1CCC2(CC1)Nc1ccccc1NC2=O)c1ccccc1. The Kier molecular flexibility index (Phi) is 4.60. The van der Waals surface area contributed by atoms with Gasteiger partial charge in [0.05, 0.1) is 17.3 Å². The molecule has 2 aliphatic heterocycles. The van der Waals surface area contributed by atoms with Crippen molar-refractivity contribution in [2.45, 2.75) is 37.6 Å². The monoisotopic (exact) mass is 363 g/mol. The molecule has 0 saturated carbocycles. The van der Waals surface area contributed by atoms with Crippen molar-refractivity contribution in [3.63, 3.8) is 0 Å². The van der Waals surface area contributed by atoms with Gasteiger partial charge in [-0.2, -0.15) is 0 Å². The van der Waals surface area contributed by atoms with E-state index in [1.54, 1.807) is 0 Å². The van der Waals surface area contributed by atoms with E-state index in [-0.39, 0.29) is 17.7 Å². The molecule has 5 nitrogen and oxygen atoms in total. The van der Waals surface area contributed by atoms with Gasteiger partial charge in [-0.1, -0.05) is 49.4 Å². The van der Waals surface area contributed by atoms with Crippen LogP contribution in [0, 0.1) is 0 Å². The van der Waals surface area contributed by atoms with Gasteiger partial charge in [0.15, 0.2) is 0 Å². The van der Waals surface area contributed by atoms with Crippen LogP contribution in [0.1, 0.15) is 37.7 Å². The van der Waals surface area contributed by atoms with E-state index in [0.717, 1.165) is 23.4 Å². The highest BCUT2D eigenvalue weighted by molar-refractivity contribution is 6.06. The van der Waals surface area contributed by atoms with Crippen LogP contribution in [0.5, 0.6) is 0 Å². The van der Waals surface area contributed by atoms with Crippen molar-refractivity contribution < 1.29 is 9.59 Å². The zero-order valence-corrected chi connectivity index (χ0v) is 15.6. The Labute approximate surface area is 159 Å². The summed E-state index contributed by atoms with van der Waals surface area (Å²) in [6, 6.07) is 17.7. The summed E-state index contributed by atoms with van der Waals surface area (Å²) in [5.41, 5.74) is 2.21. The number of piperidine rings is 1. The Morgan fingerprint density at radius 1 is 1.04 bits per heavy atom. The van der Waals surface area contributed by atoms with E-state index in [1.165, 1.54) is 0 Å². The average Bonchev–Trinajstić information content (AvgIpc) is 2.71. The summed E-state index contributed by atoms with van der Waals surface area (Å²) in [4.78, 5) is 27.7. The highest BCUT2D eigenvalue weighted by atomic mass is 16.2. The van der Waals surface area contributed by atoms with E-state index < -0.39 is 5.54 Å². The van der Waals surface area contributed by atoms with Crippen LogP contribution < -0.4 is 10.6 Å². The van der Waals surface area contributed by atoms with Gasteiger partial charge in [0, 0.05) is 13.1 Å². The molecular formula is C22H25N3O2.